The van der Waals surface area contributed by atoms with Crippen molar-refractivity contribution in [3.63, 3.8) is 0 Å². The summed E-state index contributed by atoms with van der Waals surface area (Å²) in [6.07, 6.45) is 41.6. The molecular weight excluding hydrogens is 530 g/mol. The van der Waals surface area contributed by atoms with E-state index in [4.69, 9.17) is 0 Å². The second-order valence-corrected chi connectivity index (χ2v) is 13.7. The van der Waals surface area contributed by atoms with E-state index in [1.165, 1.54) is 173 Å². The Labute approximate surface area is 270 Å². The summed E-state index contributed by atoms with van der Waals surface area (Å²) in [5.74, 6) is -0.0283. The number of unbranched alkanes of at least 4 members (excludes halogenated alkanes) is 29. The van der Waals surface area contributed by atoms with E-state index in [2.05, 4.69) is 19.2 Å². The van der Waals surface area contributed by atoms with Gasteiger partial charge in [-0.1, -0.05) is 206 Å². The minimum absolute atomic E-state index is 0.0283. The third-order valence-electron chi connectivity index (χ3n) is 9.37. The molecule has 0 aliphatic carbocycles. The van der Waals surface area contributed by atoms with Gasteiger partial charge in [0.25, 0.3) is 0 Å². The molecule has 0 saturated carbocycles. The largest absolute Gasteiger partial charge is 0.394 e. The van der Waals surface area contributed by atoms with E-state index in [0.717, 1.165) is 25.7 Å². The SMILES string of the molecule is CCCCCCCCCCCCCCCCCCC[C@@H](O)[C@H](CO)NC(=O)CCCCCCCCCCCCCCCC. The fraction of sp³-hybridized carbons (Fsp3) is 0.974. The highest BCUT2D eigenvalue weighted by Crippen LogP contribution is 2.16. The number of aliphatic hydroxyl groups is 2. The molecular formula is C39H79NO3. The summed E-state index contributed by atoms with van der Waals surface area (Å²) in [6.45, 7) is 4.37. The fourth-order valence-corrected chi connectivity index (χ4v) is 6.30. The molecule has 1 amide bonds. The highest BCUT2D eigenvalue weighted by molar-refractivity contribution is 5.76. The zero-order valence-corrected chi connectivity index (χ0v) is 29.5. The molecule has 0 rings (SSSR count). The lowest BCUT2D eigenvalue weighted by molar-refractivity contribution is -0.123. The number of rotatable bonds is 36. The number of hydrogen-bond acceptors (Lipinski definition) is 3. The summed E-state index contributed by atoms with van der Waals surface area (Å²) in [5.41, 5.74) is 0. The van der Waals surface area contributed by atoms with Gasteiger partial charge in [-0.15, -0.1) is 0 Å². The molecule has 43 heavy (non-hydrogen) atoms. The minimum atomic E-state index is -0.651. The minimum Gasteiger partial charge on any atom is -0.394 e. The van der Waals surface area contributed by atoms with Crippen LogP contribution in [0, 0.1) is 0 Å². The maximum absolute atomic E-state index is 12.3. The molecule has 0 saturated heterocycles. The van der Waals surface area contributed by atoms with E-state index in [0.29, 0.717) is 12.8 Å². The molecule has 3 N–H and O–H groups in total. The molecule has 0 heterocycles. The van der Waals surface area contributed by atoms with Gasteiger partial charge in [0.1, 0.15) is 0 Å². The molecule has 4 nitrogen and oxygen atoms in total. The Kier molecular flexibility index (Phi) is 35.4. The lowest BCUT2D eigenvalue weighted by Crippen LogP contribution is -2.45. The van der Waals surface area contributed by atoms with Gasteiger partial charge >= 0.3 is 0 Å². The van der Waals surface area contributed by atoms with Crippen LogP contribution >= 0.6 is 0 Å². The van der Waals surface area contributed by atoms with Crippen LogP contribution in [0.3, 0.4) is 0 Å². The van der Waals surface area contributed by atoms with Gasteiger partial charge in [0.2, 0.25) is 5.91 Å². The number of aliphatic hydroxyl groups excluding tert-OH is 2. The number of hydrogen-bond donors (Lipinski definition) is 3. The predicted octanol–water partition coefficient (Wildman–Crippen LogP) is 11.7. The Morgan fingerprint density at radius 2 is 0.744 bits per heavy atom. The van der Waals surface area contributed by atoms with E-state index < -0.39 is 12.1 Å². The van der Waals surface area contributed by atoms with Crippen molar-refractivity contribution in [2.45, 2.75) is 238 Å². The number of carbonyl (C=O) groups is 1. The molecule has 0 aliphatic rings. The quantitative estimate of drug-likeness (QED) is 0.0619. The zero-order chi connectivity index (χ0) is 31.5. The molecule has 4 heteroatoms. The maximum atomic E-state index is 12.3. The van der Waals surface area contributed by atoms with Crippen molar-refractivity contribution in [3.8, 4) is 0 Å². The summed E-state index contributed by atoms with van der Waals surface area (Å²) in [4.78, 5) is 12.3. The van der Waals surface area contributed by atoms with E-state index in [-0.39, 0.29) is 12.5 Å². The lowest BCUT2D eigenvalue weighted by Gasteiger charge is -2.22. The van der Waals surface area contributed by atoms with Crippen LogP contribution in [-0.2, 0) is 4.79 Å². The fourth-order valence-electron chi connectivity index (χ4n) is 6.30. The Morgan fingerprint density at radius 3 is 1.05 bits per heavy atom. The van der Waals surface area contributed by atoms with Crippen LogP contribution in [0.4, 0.5) is 0 Å². The van der Waals surface area contributed by atoms with Crippen molar-refractivity contribution in [2.75, 3.05) is 6.61 Å². The Balaban J connectivity index is 3.50. The van der Waals surface area contributed by atoms with E-state index >= 15 is 0 Å². The Bertz CT molecular complexity index is 541. The van der Waals surface area contributed by atoms with Crippen molar-refractivity contribution in [3.05, 3.63) is 0 Å². The zero-order valence-electron chi connectivity index (χ0n) is 29.5. The summed E-state index contributed by atoms with van der Waals surface area (Å²) >= 11 is 0. The molecule has 0 fully saturated rings. The first-order valence-electron chi connectivity index (χ1n) is 19.7. The van der Waals surface area contributed by atoms with E-state index in [9.17, 15) is 15.0 Å². The molecule has 0 radical (unpaired) electrons. The monoisotopic (exact) mass is 610 g/mol. The van der Waals surface area contributed by atoms with E-state index in [1.54, 1.807) is 0 Å². The van der Waals surface area contributed by atoms with Crippen LogP contribution in [0.5, 0.6) is 0 Å². The van der Waals surface area contributed by atoms with Crippen LogP contribution < -0.4 is 5.32 Å². The van der Waals surface area contributed by atoms with Crippen molar-refractivity contribution in [1.29, 1.82) is 0 Å². The molecule has 0 aromatic carbocycles. The number of amides is 1. The first-order valence-corrected chi connectivity index (χ1v) is 19.7. The molecule has 0 spiro atoms. The smallest absolute Gasteiger partial charge is 0.220 e. The lowest BCUT2D eigenvalue weighted by atomic mass is 10.0. The predicted molar refractivity (Wildman–Crippen MR) is 189 cm³/mol. The van der Waals surface area contributed by atoms with Crippen LogP contribution in [-0.4, -0.2) is 34.9 Å². The molecule has 0 aliphatic heterocycles. The molecule has 0 aromatic heterocycles. The summed E-state index contributed by atoms with van der Waals surface area (Å²) < 4.78 is 0. The number of nitrogens with one attached hydrogen (secondary N) is 1. The molecule has 0 aromatic rings. The van der Waals surface area contributed by atoms with Gasteiger partial charge in [-0.05, 0) is 12.8 Å². The van der Waals surface area contributed by atoms with Gasteiger partial charge in [-0.25, -0.2) is 0 Å². The third kappa shape index (κ3) is 32.6. The Hall–Kier alpha value is -0.610. The van der Waals surface area contributed by atoms with Gasteiger partial charge in [0.05, 0.1) is 18.8 Å². The third-order valence-corrected chi connectivity index (χ3v) is 9.37. The average Bonchev–Trinajstić information content (AvgIpc) is 3.01. The second-order valence-electron chi connectivity index (χ2n) is 13.7. The first kappa shape index (κ1) is 42.4. The first-order chi connectivity index (χ1) is 21.2. The molecule has 258 valence electrons. The number of carbonyl (C=O) groups excluding carboxylic acids is 1. The van der Waals surface area contributed by atoms with Gasteiger partial charge < -0.3 is 15.5 Å². The highest BCUT2D eigenvalue weighted by Gasteiger charge is 2.19. The van der Waals surface area contributed by atoms with Gasteiger partial charge in [-0.2, -0.15) is 0 Å². The van der Waals surface area contributed by atoms with Crippen LogP contribution in [0.15, 0.2) is 0 Å². The van der Waals surface area contributed by atoms with Gasteiger partial charge in [0.15, 0.2) is 0 Å². The van der Waals surface area contributed by atoms with E-state index in [1.807, 2.05) is 0 Å². The summed E-state index contributed by atoms with van der Waals surface area (Å²) in [6, 6.07) is -0.528. The van der Waals surface area contributed by atoms with Gasteiger partial charge in [-0.3, -0.25) is 4.79 Å². The van der Waals surface area contributed by atoms with Crippen molar-refractivity contribution >= 4 is 5.91 Å². The van der Waals surface area contributed by atoms with Crippen molar-refractivity contribution in [1.82, 2.24) is 5.32 Å². The second kappa shape index (κ2) is 35.9. The summed E-state index contributed by atoms with van der Waals surface area (Å²) in [7, 11) is 0. The normalized spacial score (nSPS) is 12.9. The van der Waals surface area contributed by atoms with Gasteiger partial charge in [0, 0.05) is 6.42 Å². The van der Waals surface area contributed by atoms with Crippen LogP contribution in [0.2, 0.25) is 0 Å². The standard InChI is InChI=1S/C39H79NO3/c1-3-5-7-9-11-13-15-17-19-20-21-22-24-26-28-30-32-34-38(42)37(36-41)40-39(43)35-33-31-29-27-25-23-18-16-14-12-10-8-6-4-2/h37-38,41-42H,3-36H2,1-2H3,(H,40,43)/t37-,38+/m0/s1. The topological polar surface area (TPSA) is 69.6 Å². The Morgan fingerprint density at radius 1 is 0.465 bits per heavy atom. The van der Waals surface area contributed by atoms with Crippen molar-refractivity contribution < 1.29 is 15.0 Å². The van der Waals surface area contributed by atoms with Crippen LogP contribution in [0.25, 0.3) is 0 Å². The van der Waals surface area contributed by atoms with Crippen molar-refractivity contribution in [2.24, 2.45) is 0 Å². The van der Waals surface area contributed by atoms with Crippen LogP contribution in [0.1, 0.15) is 226 Å². The molecule has 0 bridgehead atoms. The molecule has 0 unspecified atom stereocenters. The highest BCUT2D eigenvalue weighted by atomic mass is 16.3. The average molecular weight is 610 g/mol. The summed E-state index contributed by atoms with van der Waals surface area (Å²) in [5, 5.41) is 23.1. The maximum Gasteiger partial charge on any atom is 0.220 e. The molecule has 2 atom stereocenters.